The zero-order chi connectivity index (χ0) is 6.85. The highest BCUT2D eigenvalue weighted by atomic mass is 35.5. The van der Waals surface area contributed by atoms with Crippen LogP contribution in [0.2, 0.25) is 0 Å². The summed E-state index contributed by atoms with van der Waals surface area (Å²) in [6.45, 7) is 0. The summed E-state index contributed by atoms with van der Waals surface area (Å²) in [5.74, 6) is -0.0818. The van der Waals surface area contributed by atoms with Gasteiger partial charge in [0, 0.05) is 5.92 Å². The van der Waals surface area contributed by atoms with Gasteiger partial charge in [0.2, 0.25) is 5.24 Å². The molecule has 1 aliphatic carbocycles. The van der Waals surface area contributed by atoms with Crippen molar-refractivity contribution in [3.8, 4) is 0 Å². The van der Waals surface area contributed by atoms with Crippen molar-refractivity contribution in [3.63, 3.8) is 0 Å². The van der Waals surface area contributed by atoms with Crippen molar-refractivity contribution in [2.45, 2.75) is 25.4 Å². The highest BCUT2D eigenvalue weighted by molar-refractivity contribution is 6.64. The third-order valence-corrected chi connectivity index (χ3v) is 2.03. The number of carbonyl (C=O) groups is 1. The quantitative estimate of drug-likeness (QED) is 0.562. The minimum absolute atomic E-state index is 0.0818. The van der Waals surface area contributed by atoms with Crippen LogP contribution in [0.5, 0.6) is 0 Å². The lowest BCUT2D eigenvalue weighted by Gasteiger charge is -1.99. The molecule has 1 aliphatic rings. The van der Waals surface area contributed by atoms with Gasteiger partial charge < -0.3 is 5.11 Å². The second kappa shape index (κ2) is 2.67. The van der Waals surface area contributed by atoms with Gasteiger partial charge in [-0.05, 0) is 30.9 Å². The molecule has 0 radical (unpaired) electrons. The number of carbonyl (C=O) groups excluding carboxylic acids is 1. The van der Waals surface area contributed by atoms with Crippen molar-refractivity contribution in [3.05, 3.63) is 0 Å². The van der Waals surface area contributed by atoms with Crippen molar-refractivity contribution in [2.24, 2.45) is 5.92 Å². The van der Waals surface area contributed by atoms with Gasteiger partial charge >= 0.3 is 0 Å². The lowest BCUT2D eigenvalue weighted by Crippen LogP contribution is -2.05. The first-order valence-electron chi connectivity index (χ1n) is 3.07. The molecule has 0 saturated heterocycles. The van der Waals surface area contributed by atoms with Crippen molar-refractivity contribution in [2.75, 3.05) is 0 Å². The fraction of sp³-hybridized carbons (Fsp3) is 0.833. The minimum Gasteiger partial charge on any atom is -0.393 e. The van der Waals surface area contributed by atoms with Crippen LogP contribution in [0.25, 0.3) is 0 Å². The van der Waals surface area contributed by atoms with Gasteiger partial charge in [-0.2, -0.15) is 0 Å². The van der Waals surface area contributed by atoms with Crippen LogP contribution in [0, 0.1) is 5.92 Å². The fourth-order valence-corrected chi connectivity index (χ4v) is 1.36. The molecule has 0 spiro atoms. The van der Waals surface area contributed by atoms with Crippen molar-refractivity contribution < 1.29 is 9.90 Å². The van der Waals surface area contributed by atoms with Crippen LogP contribution in [0.3, 0.4) is 0 Å². The van der Waals surface area contributed by atoms with E-state index in [2.05, 4.69) is 0 Å². The summed E-state index contributed by atoms with van der Waals surface area (Å²) < 4.78 is 0. The summed E-state index contributed by atoms with van der Waals surface area (Å²) in [5, 5.41) is 8.64. The van der Waals surface area contributed by atoms with Crippen LogP contribution >= 0.6 is 11.6 Å². The van der Waals surface area contributed by atoms with Crippen molar-refractivity contribution in [1.29, 1.82) is 0 Å². The maximum atomic E-state index is 10.4. The van der Waals surface area contributed by atoms with Gasteiger partial charge in [0.15, 0.2) is 0 Å². The molecule has 3 heteroatoms. The molecule has 52 valence electrons. The first kappa shape index (κ1) is 7.03. The largest absolute Gasteiger partial charge is 0.393 e. The Morgan fingerprint density at radius 2 is 2.22 bits per heavy atom. The third-order valence-electron chi connectivity index (χ3n) is 1.73. The van der Waals surface area contributed by atoms with E-state index in [9.17, 15) is 4.79 Å². The highest BCUT2D eigenvalue weighted by Crippen LogP contribution is 2.26. The number of aliphatic hydroxyl groups excluding tert-OH is 1. The molecular weight excluding hydrogens is 140 g/mol. The van der Waals surface area contributed by atoms with Gasteiger partial charge in [-0.1, -0.05) is 0 Å². The average Bonchev–Trinajstić information content (AvgIpc) is 2.14. The van der Waals surface area contributed by atoms with Gasteiger partial charge in [0.25, 0.3) is 0 Å². The minimum atomic E-state index is -0.299. The maximum Gasteiger partial charge on any atom is 0.224 e. The van der Waals surface area contributed by atoms with E-state index in [1.807, 2.05) is 0 Å². The van der Waals surface area contributed by atoms with Crippen LogP contribution in [0.4, 0.5) is 0 Å². The number of hydrogen-bond donors (Lipinski definition) is 1. The topological polar surface area (TPSA) is 37.3 Å². The molecule has 9 heavy (non-hydrogen) atoms. The molecule has 2 atom stereocenters. The van der Waals surface area contributed by atoms with Gasteiger partial charge in [-0.25, -0.2) is 0 Å². The predicted molar refractivity (Wildman–Crippen MR) is 34.2 cm³/mol. The summed E-state index contributed by atoms with van der Waals surface area (Å²) in [6.07, 6.45) is 1.74. The smallest absolute Gasteiger partial charge is 0.224 e. The molecule has 2 nitrogen and oxygen atoms in total. The Labute approximate surface area is 58.8 Å². The Bertz CT molecular complexity index is 124. The molecule has 0 bridgehead atoms. The summed E-state index contributed by atoms with van der Waals surface area (Å²) in [4.78, 5) is 10.4. The molecule has 0 amide bonds. The van der Waals surface area contributed by atoms with Crippen molar-refractivity contribution in [1.82, 2.24) is 0 Å². The standard InChI is InChI=1S/C6H9ClO2/c7-6(9)4-1-2-5(8)3-4/h4-5,8H,1-3H2. The second-order valence-corrected chi connectivity index (χ2v) is 2.84. The van der Waals surface area contributed by atoms with Crippen LogP contribution in [-0.4, -0.2) is 16.5 Å². The molecule has 0 heterocycles. The SMILES string of the molecule is O=C(Cl)C1CCC(O)C1. The van der Waals surface area contributed by atoms with E-state index in [4.69, 9.17) is 16.7 Å². The van der Waals surface area contributed by atoms with Gasteiger partial charge in [0.05, 0.1) is 6.10 Å². The number of halogens is 1. The van der Waals surface area contributed by atoms with Crippen molar-refractivity contribution >= 4 is 16.8 Å². The van der Waals surface area contributed by atoms with E-state index in [1.54, 1.807) is 0 Å². The third kappa shape index (κ3) is 1.66. The Morgan fingerprint density at radius 3 is 2.44 bits per heavy atom. The summed E-state index contributed by atoms with van der Waals surface area (Å²) in [7, 11) is 0. The maximum absolute atomic E-state index is 10.4. The number of rotatable bonds is 1. The molecule has 1 rings (SSSR count). The van der Waals surface area contributed by atoms with E-state index in [0.717, 1.165) is 12.8 Å². The zero-order valence-electron chi connectivity index (χ0n) is 5.01. The van der Waals surface area contributed by atoms with E-state index in [1.165, 1.54) is 0 Å². The first-order valence-corrected chi connectivity index (χ1v) is 3.45. The summed E-state index contributed by atoms with van der Waals surface area (Å²) in [5.41, 5.74) is 0. The lowest BCUT2D eigenvalue weighted by atomic mass is 10.1. The van der Waals surface area contributed by atoms with E-state index < -0.39 is 0 Å². The van der Waals surface area contributed by atoms with Gasteiger partial charge in [-0.15, -0.1) is 0 Å². The monoisotopic (exact) mass is 148 g/mol. The van der Waals surface area contributed by atoms with E-state index >= 15 is 0 Å². The van der Waals surface area contributed by atoms with E-state index in [0.29, 0.717) is 6.42 Å². The Balaban J connectivity index is 2.39. The lowest BCUT2D eigenvalue weighted by molar-refractivity contribution is -0.115. The predicted octanol–water partition coefficient (Wildman–Crippen LogP) is 0.913. The molecule has 1 N–H and O–H groups in total. The Morgan fingerprint density at radius 1 is 1.56 bits per heavy atom. The van der Waals surface area contributed by atoms with Crippen LogP contribution < -0.4 is 0 Å². The zero-order valence-corrected chi connectivity index (χ0v) is 5.77. The molecule has 0 aromatic heterocycles. The van der Waals surface area contributed by atoms with E-state index in [-0.39, 0.29) is 17.3 Å². The molecule has 1 fully saturated rings. The first-order chi connectivity index (χ1) is 4.20. The Kier molecular flexibility index (Phi) is 2.09. The van der Waals surface area contributed by atoms with Gasteiger partial charge in [0.1, 0.15) is 0 Å². The van der Waals surface area contributed by atoms with Gasteiger partial charge in [-0.3, -0.25) is 4.79 Å². The average molecular weight is 149 g/mol. The number of hydrogen-bond acceptors (Lipinski definition) is 2. The number of aliphatic hydroxyl groups is 1. The van der Waals surface area contributed by atoms with Crippen LogP contribution in [-0.2, 0) is 4.79 Å². The van der Waals surface area contributed by atoms with Crippen LogP contribution in [0.15, 0.2) is 0 Å². The molecule has 1 saturated carbocycles. The summed E-state index contributed by atoms with van der Waals surface area (Å²) >= 11 is 5.20. The fourth-order valence-electron chi connectivity index (χ4n) is 1.16. The molecule has 0 aromatic rings. The summed E-state index contributed by atoms with van der Waals surface area (Å²) in [6, 6.07) is 0. The molecule has 0 aliphatic heterocycles. The second-order valence-electron chi connectivity index (χ2n) is 2.47. The normalized spacial score (nSPS) is 34.9. The molecule has 0 aromatic carbocycles. The Hall–Kier alpha value is -0.0800. The molecular formula is C6H9ClO2. The highest BCUT2D eigenvalue weighted by Gasteiger charge is 2.26. The molecule has 2 unspecified atom stereocenters. The van der Waals surface area contributed by atoms with Crippen LogP contribution in [0.1, 0.15) is 19.3 Å².